The zero-order chi connectivity index (χ0) is 20.1. The SMILES string of the molecule is C=C(C)C#C[C@@]1(O)[C@@H](O)[C@H](O)[C@]2(OC(C)=O)C[C@@H](O)C(C)(C)O[C@H]2[C@@H]1O. The summed E-state index contributed by atoms with van der Waals surface area (Å²) >= 11 is 0. The average Bonchev–Trinajstić information content (AvgIpc) is 2.52. The van der Waals surface area contributed by atoms with Crippen LogP contribution in [0.5, 0.6) is 0 Å². The zero-order valence-electron chi connectivity index (χ0n) is 15.3. The van der Waals surface area contributed by atoms with Crippen molar-refractivity contribution in [1.82, 2.24) is 0 Å². The summed E-state index contributed by atoms with van der Waals surface area (Å²) in [4.78, 5) is 11.6. The zero-order valence-corrected chi connectivity index (χ0v) is 15.3. The lowest BCUT2D eigenvalue weighted by atomic mass is 9.63. The molecule has 2 rings (SSSR count). The van der Waals surface area contributed by atoms with Crippen LogP contribution in [-0.4, -0.2) is 78.8 Å². The standard InChI is InChI=1S/C18H26O8/c1-9(2)6-7-17(24)12(21)13(22)18(25-10(3)19)8-11(20)16(4,5)26-15(18)14(17)23/h11-15,20-24H,1,8H2,2-5H3/t11-,12+,13+,14+,15+,17-,18-/m1/s1. The van der Waals surface area contributed by atoms with Crippen molar-refractivity contribution in [2.75, 3.05) is 0 Å². The second kappa shape index (κ2) is 6.60. The molecule has 0 bridgehead atoms. The fourth-order valence-electron chi connectivity index (χ4n) is 3.49. The summed E-state index contributed by atoms with van der Waals surface area (Å²) in [6.07, 6.45) is -8.60. The lowest BCUT2D eigenvalue weighted by Gasteiger charge is -2.59. The lowest BCUT2D eigenvalue weighted by Crippen LogP contribution is -2.80. The van der Waals surface area contributed by atoms with Crippen molar-refractivity contribution >= 4 is 5.97 Å². The third-order valence-electron chi connectivity index (χ3n) is 5.03. The molecule has 1 saturated carbocycles. The van der Waals surface area contributed by atoms with Crippen molar-refractivity contribution in [2.24, 2.45) is 0 Å². The Morgan fingerprint density at radius 3 is 2.23 bits per heavy atom. The summed E-state index contributed by atoms with van der Waals surface area (Å²) in [6, 6.07) is 0. The van der Waals surface area contributed by atoms with Crippen LogP contribution in [0.25, 0.3) is 0 Å². The van der Waals surface area contributed by atoms with E-state index in [-0.39, 0.29) is 6.42 Å². The highest BCUT2D eigenvalue weighted by Crippen LogP contribution is 2.48. The van der Waals surface area contributed by atoms with E-state index in [0.717, 1.165) is 6.92 Å². The number of ether oxygens (including phenoxy) is 2. The van der Waals surface area contributed by atoms with E-state index in [0.29, 0.717) is 5.57 Å². The molecule has 1 saturated heterocycles. The molecule has 0 unspecified atom stereocenters. The first kappa shape index (κ1) is 20.8. The highest BCUT2D eigenvalue weighted by Gasteiger charge is 2.70. The number of carbonyl (C=O) groups is 1. The quantitative estimate of drug-likeness (QED) is 0.281. The fraction of sp³-hybridized carbons (Fsp3) is 0.722. The third-order valence-corrected chi connectivity index (χ3v) is 5.03. The highest BCUT2D eigenvalue weighted by molar-refractivity contribution is 5.67. The molecule has 5 N–H and O–H groups in total. The Labute approximate surface area is 152 Å². The molecule has 0 aromatic heterocycles. The van der Waals surface area contributed by atoms with Gasteiger partial charge in [0, 0.05) is 13.3 Å². The van der Waals surface area contributed by atoms with Gasteiger partial charge in [-0.15, -0.1) is 0 Å². The van der Waals surface area contributed by atoms with Crippen LogP contribution in [0.15, 0.2) is 12.2 Å². The summed E-state index contributed by atoms with van der Waals surface area (Å²) in [7, 11) is 0. The predicted octanol–water partition coefficient (Wildman–Crippen LogP) is -1.38. The van der Waals surface area contributed by atoms with Crippen LogP contribution in [0.3, 0.4) is 0 Å². The molecule has 2 fully saturated rings. The topological polar surface area (TPSA) is 137 Å². The molecule has 1 heterocycles. The molecule has 0 spiro atoms. The van der Waals surface area contributed by atoms with E-state index in [9.17, 15) is 30.3 Å². The molecule has 8 nitrogen and oxygen atoms in total. The number of hydrogen-bond donors (Lipinski definition) is 5. The van der Waals surface area contributed by atoms with Crippen LogP contribution < -0.4 is 0 Å². The van der Waals surface area contributed by atoms with E-state index in [1.165, 1.54) is 0 Å². The van der Waals surface area contributed by atoms with Gasteiger partial charge < -0.3 is 35.0 Å². The maximum absolute atomic E-state index is 11.6. The summed E-state index contributed by atoms with van der Waals surface area (Å²) in [6.45, 7) is 9.32. The smallest absolute Gasteiger partial charge is 0.303 e. The van der Waals surface area contributed by atoms with E-state index >= 15 is 0 Å². The molecule has 1 aliphatic carbocycles. The van der Waals surface area contributed by atoms with Crippen LogP contribution in [0.1, 0.15) is 34.1 Å². The molecule has 0 amide bonds. The summed E-state index contributed by atoms with van der Waals surface area (Å²) in [5.41, 5.74) is -5.20. The Bertz CT molecular complexity index is 662. The summed E-state index contributed by atoms with van der Waals surface area (Å²) in [5, 5.41) is 53.1. The van der Waals surface area contributed by atoms with Gasteiger partial charge in [-0.3, -0.25) is 4.79 Å². The van der Waals surface area contributed by atoms with Crippen molar-refractivity contribution in [3.8, 4) is 11.8 Å². The molecule has 0 aromatic carbocycles. The summed E-state index contributed by atoms with van der Waals surface area (Å²) < 4.78 is 11.0. The third kappa shape index (κ3) is 3.16. The second-order valence-corrected chi connectivity index (χ2v) is 7.60. The number of allylic oxidation sites excluding steroid dienone is 1. The Balaban J connectivity index is 2.60. The molecule has 2 aliphatic rings. The first-order valence-electron chi connectivity index (χ1n) is 8.28. The van der Waals surface area contributed by atoms with Gasteiger partial charge in [-0.2, -0.15) is 0 Å². The van der Waals surface area contributed by atoms with Gasteiger partial charge in [0.2, 0.25) is 0 Å². The van der Waals surface area contributed by atoms with E-state index in [2.05, 4.69) is 18.4 Å². The van der Waals surface area contributed by atoms with E-state index in [1.54, 1.807) is 20.8 Å². The predicted molar refractivity (Wildman–Crippen MR) is 89.6 cm³/mol. The van der Waals surface area contributed by atoms with Crippen molar-refractivity contribution in [2.45, 2.75) is 81.4 Å². The van der Waals surface area contributed by atoms with Crippen molar-refractivity contribution in [3.05, 3.63) is 12.2 Å². The molecule has 8 heteroatoms. The van der Waals surface area contributed by atoms with Gasteiger partial charge >= 0.3 is 5.97 Å². The van der Waals surface area contributed by atoms with E-state index in [1.807, 2.05) is 0 Å². The van der Waals surface area contributed by atoms with Crippen LogP contribution >= 0.6 is 0 Å². The normalized spacial score (nSPS) is 44.3. The van der Waals surface area contributed by atoms with Gasteiger partial charge in [-0.1, -0.05) is 18.4 Å². The number of carbonyl (C=O) groups excluding carboxylic acids is 1. The Morgan fingerprint density at radius 1 is 1.15 bits per heavy atom. The minimum Gasteiger partial charge on any atom is -0.453 e. The number of hydrogen-bond acceptors (Lipinski definition) is 8. The van der Waals surface area contributed by atoms with Crippen molar-refractivity contribution in [1.29, 1.82) is 0 Å². The van der Waals surface area contributed by atoms with Gasteiger partial charge in [-0.05, 0) is 26.3 Å². The average molecular weight is 370 g/mol. The number of esters is 1. The molecule has 7 atom stereocenters. The number of rotatable bonds is 1. The monoisotopic (exact) mass is 370 g/mol. The minimum atomic E-state index is -2.45. The Morgan fingerprint density at radius 2 is 1.73 bits per heavy atom. The maximum Gasteiger partial charge on any atom is 0.303 e. The molecular formula is C18H26O8. The van der Waals surface area contributed by atoms with Crippen molar-refractivity contribution < 1.29 is 39.8 Å². The van der Waals surface area contributed by atoms with Crippen LogP contribution in [0.4, 0.5) is 0 Å². The van der Waals surface area contributed by atoms with E-state index in [4.69, 9.17) is 9.47 Å². The van der Waals surface area contributed by atoms with Gasteiger partial charge in [0.25, 0.3) is 0 Å². The van der Waals surface area contributed by atoms with Gasteiger partial charge in [-0.25, -0.2) is 0 Å². The molecule has 0 radical (unpaired) electrons. The fourth-order valence-corrected chi connectivity index (χ4v) is 3.49. The number of aliphatic hydroxyl groups is 5. The maximum atomic E-state index is 11.6. The number of aliphatic hydroxyl groups excluding tert-OH is 4. The van der Waals surface area contributed by atoms with Crippen LogP contribution in [0.2, 0.25) is 0 Å². The van der Waals surface area contributed by atoms with E-state index < -0.39 is 53.3 Å². The molecule has 26 heavy (non-hydrogen) atoms. The van der Waals surface area contributed by atoms with Crippen molar-refractivity contribution in [3.63, 3.8) is 0 Å². The molecule has 146 valence electrons. The van der Waals surface area contributed by atoms with Gasteiger partial charge in [0.1, 0.15) is 24.4 Å². The van der Waals surface area contributed by atoms with Gasteiger partial charge in [0.15, 0.2) is 11.2 Å². The number of fused-ring (bicyclic) bond motifs is 1. The lowest BCUT2D eigenvalue weighted by molar-refractivity contribution is -0.350. The van der Waals surface area contributed by atoms with Crippen LogP contribution in [0, 0.1) is 11.8 Å². The van der Waals surface area contributed by atoms with Crippen LogP contribution in [-0.2, 0) is 14.3 Å². The first-order chi connectivity index (χ1) is 11.8. The molecule has 1 aliphatic heterocycles. The summed E-state index contributed by atoms with van der Waals surface area (Å²) in [5.74, 6) is 4.01. The first-order valence-corrected chi connectivity index (χ1v) is 8.28. The highest BCUT2D eigenvalue weighted by atomic mass is 16.6. The molecule has 0 aromatic rings. The largest absolute Gasteiger partial charge is 0.453 e. The Hall–Kier alpha value is -1.47. The Kier molecular flexibility index (Phi) is 5.29. The molecular weight excluding hydrogens is 344 g/mol. The second-order valence-electron chi connectivity index (χ2n) is 7.60. The minimum absolute atomic E-state index is 0.302. The van der Waals surface area contributed by atoms with Gasteiger partial charge in [0.05, 0.1) is 11.7 Å².